The molecular weight excluding hydrogens is 571 g/mol. The zero-order valence-corrected chi connectivity index (χ0v) is 23.3. The van der Waals surface area contributed by atoms with Crippen molar-refractivity contribution in [2.75, 3.05) is 19.0 Å². The van der Waals surface area contributed by atoms with Gasteiger partial charge in [0.15, 0.2) is 18.1 Å². The number of carbonyl (C=O) groups is 3. The molecule has 1 heterocycles. The van der Waals surface area contributed by atoms with E-state index in [-0.39, 0.29) is 34.6 Å². The van der Waals surface area contributed by atoms with Gasteiger partial charge in [0.2, 0.25) is 0 Å². The number of hydrogen-bond acceptors (Lipinski definition) is 6. The molecule has 1 aliphatic rings. The number of imide groups is 1. The second kappa shape index (κ2) is 12.1. The van der Waals surface area contributed by atoms with Crippen molar-refractivity contribution in [2.24, 2.45) is 0 Å². The van der Waals surface area contributed by atoms with Gasteiger partial charge in [-0.2, -0.15) is 0 Å². The molecule has 0 aliphatic carbocycles. The summed E-state index contributed by atoms with van der Waals surface area (Å²) in [6, 6.07) is 15.3. The highest BCUT2D eigenvalue weighted by molar-refractivity contribution is 8.18. The predicted octanol–water partition coefficient (Wildman–Crippen LogP) is 7.22. The highest BCUT2D eigenvalue weighted by atomic mass is 35.5. The minimum absolute atomic E-state index is 0.0649. The first-order chi connectivity index (χ1) is 18.2. The number of rotatable bonds is 8. The quantitative estimate of drug-likeness (QED) is 0.279. The van der Waals surface area contributed by atoms with Gasteiger partial charge in [0.1, 0.15) is 0 Å². The number of nitrogens with one attached hydrogen (secondary N) is 1. The molecule has 4 rings (SSSR count). The van der Waals surface area contributed by atoms with Crippen LogP contribution in [-0.2, 0) is 16.1 Å². The van der Waals surface area contributed by atoms with Crippen molar-refractivity contribution in [1.82, 2.24) is 4.90 Å². The molecule has 1 aliphatic heterocycles. The Bertz CT molecular complexity index is 1460. The minimum atomic E-state index is -0.441. The Balaban J connectivity index is 1.47. The van der Waals surface area contributed by atoms with Crippen molar-refractivity contribution in [3.63, 3.8) is 0 Å². The zero-order chi connectivity index (χ0) is 27.4. The molecule has 7 nitrogen and oxygen atoms in total. The SMILES string of the molecule is COc1cc(/C=C2\SC(=O)N(Cc3ccccc3Cl)C2=O)cc(Cl)c1OCC(=O)Nc1ccc(C)c(Cl)c1. The van der Waals surface area contributed by atoms with Gasteiger partial charge in [-0.3, -0.25) is 19.3 Å². The number of halogens is 3. The molecule has 1 N–H and O–H groups in total. The molecular formula is C27H21Cl3N2O5S. The van der Waals surface area contributed by atoms with E-state index in [2.05, 4.69) is 5.32 Å². The number of hydrogen-bond donors (Lipinski definition) is 1. The van der Waals surface area contributed by atoms with Gasteiger partial charge in [-0.15, -0.1) is 0 Å². The Kier molecular flexibility index (Phi) is 8.89. The molecule has 0 saturated carbocycles. The molecule has 0 bridgehead atoms. The van der Waals surface area contributed by atoms with Gasteiger partial charge in [-0.1, -0.05) is 59.1 Å². The average molecular weight is 592 g/mol. The number of anilines is 1. The molecule has 1 fully saturated rings. The molecule has 3 aromatic carbocycles. The van der Waals surface area contributed by atoms with Crippen LogP contribution in [0.3, 0.4) is 0 Å². The summed E-state index contributed by atoms with van der Waals surface area (Å²) in [7, 11) is 1.42. The lowest BCUT2D eigenvalue weighted by Gasteiger charge is -2.14. The number of ether oxygens (including phenoxy) is 2. The van der Waals surface area contributed by atoms with Crippen molar-refractivity contribution in [2.45, 2.75) is 13.5 Å². The van der Waals surface area contributed by atoms with Gasteiger partial charge < -0.3 is 14.8 Å². The van der Waals surface area contributed by atoms with Crippen LogP contribution in [0.1, 0.15) is 16.7 Å². The molecule has 0 unspecified atom stereocenters. The third-order valence-corrected chi connectivity index (χ3v) is 7.48. The van der Waals surface area contributed by atoms with E-state index in [4.69, 9.17) is 44.3 Å². The van der Waals surface area contributed by atoms with E-state index < -0.39 is 17.1 Å². The van der Waals surface area contributed by atoms with Crippen LogP contribution in [0.5, 0.6) is 11.5 Å². The number of aryl methyl sites for hydroxylation is 1. The van der Waals surface area contributed by atoms with Crippen LogP contribution in [0.2, 0.25) is 15.1 Å². The normalized spacial score (nSPS) is 14.2. The maximum atomic E-state index is 12.9. The van der Waals surface area contributed by atoms with Crippen LogP contribution >= 0.6 is 46.6 Å². The topological polar surface area (TPSA) is 84.9 Å². The fraction of sp³-hybridized carbons (Fsp3) is 0.148. The predicted molar refractivity (Wildman–Crippen MR) is 151 cm³/mol. The number of carbonyl (C=O) groups excluding carboxylic acids is 3. The monoisotopic (exact) mass is 590 g/mol. The van der Waals surface area contributed by atoms with Crippen LogP contribution in [0.15, 0.2) is 59.5 Å². The van der Waals surface area contributed by atoms with Crippen LogP contribution in [0.25, 0.3) is 6.08 Å². The molecule has 1 saturated heterocycles. The Morgan fingerprint density at radius 2 is 1.79 bits per heavy atom. The first-order valence-corrected chi connectivity index (χ1v) is 13.2. The third-order valence-electron chi connectivity index (χ3n) is 5.51. The Morgan fingerprint density at radius 3 is 2.50 bits per heavy atom. The smallest absolute Gasteiger partial charge is 0.293 e. The van der Waals surface area contributed by atoms with Crippen molar-refractivity contribution in [3.05, 3.63) is 91.3 Å². The van der Waals surface area contributed by atoms with Crippen LogP contribution in [0.4, 0.5) is 10.5 Å². The van der Waals surface area contributed by atoms with E-state index in [1.807, 2.05) is 6.92 Å². The first-order valence-electron chi connectivity index (χ1n) is 11.2. The lowest BCUT2D eigenvalue weighted by atomic mass is 10.1. The second-order valence-electron chi connectivity index (χ2n) is 8.19. The first kappa shape index (κ1) is 27.9. The van der Waals surface area contributed by atoms with Crippen molar-refractivity contribution < 1.29 is 23.9 Å². The summed E-state index contributed by atoms with van der Waals surface area (Å²) < 4.78 is 11.0. The fourth-order valence-electron chi connectivity index (χ4n) is 3.55. The van der Waals surface area contributed by atoms with Crippen LogP contribution < -0.4 is 14.8 Å². The average Bonchev–Trinajstić information content (AvgIpc) is 3.13. The lowest BCUT2D eigenvalue weighted by molar-refractivity contribution is -0.123. The second-order valence-corrected chi connectivity index (χ2v) is 10.4. The fourth-order valence-corrected chi connectivity index (χ4v) is 5.04. The summed E-state index contributed by atoms with van der Waals surface area (Å²) in [6.07, 6.45) is 1.55. The van der Waals surface area contributed by atoms with Crippen molar-refractivity contribution >= 4 is 75.4 Å². The minimum Gasteiger partial charge on any atom is -0.493 e. The van der Waals surface area contributed by atoms with E-state index >= 15 is 0 Å². The molecule has 0 aromatic heterocycles. The van der Waals surface area contributed by atoms with E-state index in [0.717, 1.165) is 22.2 Å². The number of benzene rings is 3. The summed E-state index contributed by atoms with van der Waals surface area (Å²) in [6.45, 7) is 1.60. The number of thioether (sulfide) groups is 1. The highest BCUT2D eigenvalue weighted by Gasteiger charge is 2.35. The Hall–Kier alpha value is -3.17. The van der Waals surface area contributed by atoms with E-state index in [1.165, 1.54) is 7.11 Å². The van der Waals surface area contributed by atoms with Crippen LogP contribution in [-0.4, -0.2) is 35.7 Å². The molecule has 3 amide bonds. The van der Waals surface area contributed by atoms with Gasteiger partial charge >= 0.3 is 0 Å². The standard InChI is InChI=1S/C27H21Cl3N2O5S/c1-15-7-8-18(12-20(15)29)31-24(33)14-37-25-21(30)9-16(10-22(25)36-2)11-23-26(34)32(27(35)38-23)13-17-5-3-4-6-19(17)28/h3-12H,13-14H2,1-2H3,(H,31,33)/b23-11-. The lowest BCUT2D eigenvalue weighted by Crippen LogP contribution is -2.27. The number of nitrogens with zero attached hydrogens (tertiary/aromatic N) is 1. The van der Waals surface area contributed by atoms with Crippen molar-refractivity contribution in [1.29, 1.82) is 0 Å². The number of amides is 3. The molecule has 11 heteroatoms. The maximum Gasteiger partial charge on any atom is 0.293 e. The van der Waals surface area contributed by atoms with E-state index in [1.54, 1.807) is 60.7 Å². The maximum absolute atomic E-state index is 12.9. The van der Waals surface area contributed by atoms with E-state index in [0.29, 0.717) is 26.9 Å². The molecule has 196 valence electrons. The molecule has 0 spiro atoms. The van der Waals surface area contributed by atoms with Gasteiger partial charge in [0.05, 0.1) is 23.6 Å². The van der Waals surface area contributed by atoms with Crippen molar-refractivity contribution in [3.8, 4) is 11.5 Å². The van der Waals surface area contributed by atoms with E-state index in [9.17, 15) is 14.4 Å². The summed E-state index contributed by atoms with van der Waals surface area (Å²) in [5, 5.41) is 3.47. The highest BCUT2D eigenvalue weighted by Crippen LogP contribution is 2.39. The van der Waals surface area contributed by atoms with Gasteiger partial charge in [-0.05, 0) is 71.8 Å². The summed E-state index contributed by atoms with van der Waals surface area (Å²) in [5.74, 6) is -0.442. The van der Waals surface area contributed by atoms with Crippen LogP contribution in [0, 0.1) is 6.92 Å². The summed E-state index contributed by atoms with van der Waals surface area (Å²) in [4.78, 5) is 39.2. The molecule has 0 atom stereocenters. The molecule has 0 radical (unpaired) electrons. The Labute approximate surface area is 238 Å². The zero-order valence-electron chi connectivity index (χ0n) is 20.2. The molecule has 38 heavy (non-hydrogen) atoms. The third kappa shape index (κ3) is 6.45. The summed E-state index contributed by atoms with van der Waals surface area (Å²) in [5.41, 5.74) is 2.61. The molecule has 3 aromatic rings. The van der Waals surface area contributed by atoms with Gasteiger partial charge in [-0.25, -0.2) is 0 Å². The largest absolute Gasteiger partial charge is 0.493 e. The van der Waals surface area contributed by atoms with Gasteiger partial charge in [0.25, 0.3) is 17.1 Å². The Morgan fingerprint density at radius 1 is 1.03 bits per heavy atom. The summed E-state index contributed by atoms with van der Waals surface area (Å²) >= 11 is 19.5. The van der Waals surface area contributed by atoms with Gasteiger partial charge in [0, 0.05) is 15.7 Å². The number of methoxy groups -OCH3 is 1.